The summed E-state index contributed by atoms with van der Waals surface area (Å²) in [5.41, 5.74) is 5.37. The van der Waals surface area contributed by atoms with Gasteiger partial charge in [0.05, 0.1) is 11.2 Å². The largest absolute Gasteiger partial charge is 0.507 e. The van der Waals surface area contributed by atoms with Crippen LogP contribution in [0.5, 0.6) is 5.75 Å². The molecular weight excluding hydrogens is 342 g/mol. The molecule has 0 saturated heterocycles. The van der Waals surface area contributed by atoms with Gasteiger partial charge in [0.2, 0.25) is 0 Å². The van der Waals surface area contributed by atoms with Gasteiger partial charge in [-0.3, -0.25) is 9.59 Å². The van der Waals surface area contributed by atoms with E-state index in [1.807, 2.05) is 6.07 Å². The number of nitrogens with two attached hydrogens (primary N) is 1. The first-order valence-corrected chi connectivity index (χ1v) is 10.2. The highest BCUT2D eigenvalue weighted by molar-refractivity contribution is 5.96. The van der Waals surface area contributed by atoms with Crippen LogP contribution in [-0.2, 0) is 16.6 Å². The quantitative estimate of drug-likeness (QED) is 0.762. The molecule has 1 aromatic rings. The number of aliphatic hydroxyl groups is 1. The van der Waals surface area contributed by atoms with Gasteiger partial charge < -0.3 is 15.9 Å². The third-order valence-electron chi connectivity index (χ3n) is 8.02. The maximum Gasteiger partial charge on any atom is 0.252 e. The third-order valence-corrected chi connectivity index (χ3v) is 8.02. The van der Waals surface area contributed by atoms with E-state index in [0.29, 0.717) is 37.2 Å². The number of rotatable bonds is 3. The minimum atomic E-state index is -0.987. The number of carbonyl (C=O) groups excluding carboxylic acids is 2. The van der Waals surface area contributed by atoms with Crippen molar-refractivity contribution < 1.29 is 19.8 Å². The topological polar surface area (TPSA) is 101 Å². The second-order valence-electron chi connectivity index (χ2n) is 9.37. The number of ketones is 1. The lowest BCUT2D eigenvalue weighted by Gasteiger charge is -2.62. The molecule has 0 heterocycles. The number of Topliss-reactive ketones (excluding diaryl/α,β-unsaturated/α-hetero) is 1. The number of primary amides is 1. The summed E-state index contributed by atoms with van der Waals surface area (Å²) < 4.78 is 0. The van der Waals surface area contributed by atoms with Crippen LogP contribution in [0.15, 0.2) is 12.1 Å². The summed E-state index contributed by atoms with van der Waals surface area (Å²) in [6.07, 6.45) is 7.22. The van der Waals surface area contributed by atoms with E-state index in [1.54, 1.807) is 6.07 Å². The molecule has 4 unspecified atom stereocenters. The van der Waals surface area contributed by atoms with Crippen molar-refractivity contribution in [1.29, 1.82) is 0 Å². The molecule has 27 heavy (non-hydrogen) atoms. The van der Waals surface area contributed by atoms with Crippen LogP contribution in [0.25, 0.3) is 0 Å². The Hall–Kier alpha value is -1.88. The molecule has 5 nitrogen and oxygen atoms in total. The average molecular weight is 369 g/mol. The number of hydrogen-bond donors (Lipinski definition) is 3. The van der Waals surface area contributed by atoms with Crippen molar-refractivity contribution in [2.45, 2.75) is 68.8 Å². The van der Waals surface area contributed by atoms with Gasteiger partial charge in [-0.15, -0.1) is 0 Å². The summed E-state index contributed by atoms with van der Waals surface area (Å²) in [4.78, 5) is 24.3. The summed E-state index contributed by atoms with van der Waals surface area (Å²) in [6.45, 7) is 0. The fourth-order valence-corrected chi connectivity index (χ4v) is 6.62. The molecule has 0 radical (unpaired) electrons. The Morgan fingerprint density at radius 2 is 2.00 bits per heavy atom. The Bertz CT molecular complexity index is 845. The van der Waals surface area contributed by atoms with Crippen molar-refractivity contribution >= 4 is 11.7 Å². The fraction of sp³-hybridized carbons (Fsp3) is 0.636. The van der Waals surface area contributed by atoms with Crippen molar-refractivity contribution in [3.05, 3.63) is 28.8 Å². The molecule has 144 valence electrons. The van der Waals surface area contributed by atoms with Crippen LogP contribution in [-0.4, -0.2) is 27.5 Å². The van der Waals surface area contributed by atoms with E-state index in [2.05, 4.69) is 0 Å². The first-order valence-electron chi connectivity index (χ1n) is 10.2. The number of benzene rings is 1. The monoisotopic (exact) mass is 369 g/mol. The van der Waals surface area contributed by atoms with E-state index in [0.717, 1.165) is 24.3 Å². The van der Waals surface area contributed by atoms with E-state index in [1.165, 1.54) is 12.8 Å². The molecule has 0 aromatic heterocycles. The molecule has 2 bridgehead atoms. The van der Waals surface area contributed by atoms with Gasteiger partial charge in [0, 0.05) is 23.8 Å². The Morgan fingerprint density at radius 3 is 2.70 bits per heavy atom. The summed E-state index contributed by atoms with van der Waals surface area (Å²) in [5.74, 6) is 0.717. The minimum absolute atomic E-state index is 0.0852. The van der Waals surface area contributed by atoms with E-state index in [-0.39, 0.29) is 29.4 Å². The predicted octanol–water partition coefficient (Wildman–Crippen LogP) is 2.60. The maximum absolute atomic E-state index is 12.5. The second kappa shape index (κ2) is 5.57. The molecule has 0 spiro atoms. The molecule has 4 atom stereocenters. The van der Waals surface area contributed by atoms with Crippen LogP contribution in [0.4, 0.5) is 0 Å². The number of phenols is 1. The molecule has 0 aliphatic heterocycles. The standard InChI is InChI=1S/C22H27NO4/c23-20(26)16-4-3-14-10-17-13(9-12-1-2-12)5-7-21(18(14)19(16)25)11-15(24)6-8-22(17,21)27/h3-4,12-13,17,25,27H,1-2,5-11H2,(H2,23,26). The van der Waals surface area contributed by atoms with Crippen molar-refractivity contribution in [3.8, 4) is 5.75 Å². The molecule has 3 saturated carbocycles. The molecule has 3 fully saturated rings. The maximum atomic E-state index is 12.5. The lowest BCUT2D eigenvalue weighted by molar-refractivity contribution is -0.173. The van der Waals surface area contributed by atoms with E-state index in [9.17, 15) is 19.8 Å². The molecule has 4 N–H and O–H groups in total. The number of fused-ring (bicyclic) bond motifs is 1. The Morgan fingerprint density at radius 1 is 1.22 bits per heavy atom. The van der Waals surface area contributed by atoms with Crippen molar-refractivity contribution in [1.82, 2.24) is 0 Å². The fourth-order valence-electron chi connectivity index (χ4n) is 6.62. The zero-order valence-corrected chi connectivity index (χ0v) is 15.5. The zero-order chi connectivity index (χ0) is 19.0. The highest BCUT2D eigenvalue weighted by atomic mass is 16.3. The summed E-state index contributed by atoms with van der Waals surface area (Å²) >= 11 is 0. The Kier molecular flexibility index (Phi) is 3.55. The molecule has 1 aromatic carbocycles. The van der Waals surface area contributed by atoms with Gasteiger partial charge in [0.25, 0.3) is 5.91 Å². The summed E-state index contributed by atoms with van der Waals surface area (Å²) in [6, 6.07) is 3.47. The van der Waals surface area contributed by atoms with Gasteiger partial charge in [-0.05, 0) is 61.5 Å². The van der Waals surface area contributed by atoms with Crippen LogP contribution in [0.2, 0.25) is 0 Å². The van der Waals surface area contributed by atoms with E-state index < -0.39 is 16.9 Å². The number of carbonyl (C=O) groups is 2. The molecule has 1 amide bonds. The first kappa shape index (κ1) is 17.2. The second-order valence-corrected chi connectivity index (χ2v) is 9.37. The van der Waals surface area contributed by atoms with Gasteiger partial charge in [0.1, 0.15) is 11.5 Å². The van der Waals surface area contributed by atoms with Gasteiger partial charge >= 0.3 is 0 Å². The van der Waals surface area contributed by atoms with Gasteiger partial charge in [-0.2, -0.15) is 0 Å². The molecule has 4 aliphatic rings. The SMILES string of the molecule is NC(=O)c1ccc2c(c1O)C13CCC(CC4CC4)C(C2)C1(O)CCC(=O)C3. The van der Waals surface area contributed by atoms with Crippen LogP contribution < -0.4 is 5.73 Å². The molecular formula is C22H27NO4. The highest BCUT2D eigenvalue weighted by Gasteiger charge is 2.65. The van der Waals surface area contributed by atoms with Crippen LogP contribution in [0, 0.1) is 17.8 Å². The van der Waals surface area contributed by atoms with Crippen LogP contribution >= 0.6 is 0 Å². The average Bonchev–Trinajstić information content (AvgIpc) is 3.42. The van der Waals surface area contributed by atoms with Crippen LogP contribution in [0.1, 0.15) is 72.9 Å². The van der Waals surface area contributed by atoms with E-state index >= 15 is 0 Å². The van der Waals surface area contributed by atoms with Crippen molar-refractivity contribution in [3.63, 3.8) is 0 Å². The summed E-state index contributed by atoms with van der Waals surface area (Å²) in [5, 5.41) is 23.0. The molecule has 4 aliphatic carbocycles. The van der Waals surface area contributed by atoms with Crippen molar-refractivity contribution in [2.75, 3.05) is 0 Å². The number of amides is 1. The zero-order valence-electron chi connectivity index (χ0n) is 15.5. The number of aromatic hydroxyl groups is 1. The third kappa shape index (κ3) is 2.27. The smallest absolute Gasteiger partial charge is 0.252 e. The first-order chi connectivity index (χ1) is 12.9. The normalized spacial score (nSPS) is 37.4. The predicted molar refractivity (Wildman–Crippen MR) is 99.4 cm³/mol. The molecule has 5 rings (SSSR count). The Balaban J connectivity index is 1.70. The summed E-state index contributed by atoms with van der Waals surface area (Å²) in [7, 11) is 0. The van der Waals surface area contributed by atoms with Gasteiger partial charge in [-0.25, -0.2) is 0 Å². The molecule has 5 heteroatoms. The van der Waals surface area contributed by atoms with Crippen molar-refractivity contribution in [2.24, 2.45) is 23.5 Å². The number of hydrogen-bond acceptors (Lipinski definition) is 4. The van der Waals surface area contributed by atoms with Gasteiger partial charge in [0.15, 0.2) is 0 Å². The highest BCUT2D eigenvalue weighted by Crippen LogP contribution is 2.64. The van der Waals surface area contributed by atoms with E-state index in [4.69, 9.17) is 5.73 Å². The lowest BCUT2D eigenvalue weighted by atomic mass is 9.43. The van der Waals surface area contributed by atoms with Gasteiger partial charge in [-0.1, -0.05) is 18.9 Å². The Labute approximate surface area is 158 Å². The lowest BCUT2D eigenvalue weighted by Crippen LogP contribution is -2.66. The minimum Gasteiger partial charge on any atom is -0.507 e. The van der Waals surface area contributed by atoms with Crippen LogP contribution in [0.3, 0.4) is 0 Å².